The smallest absolute Gasteiger partial charge is 0.345 e. The molecule has 0 bridgehead atoms. The van der Waals surface area contributed by atoms with Crippen molar-refractivity contribution in [2.45, 2.75) is 13.1 Å². The van der Waals surface area contributed by atoms with Crippen molar-refractivity contribution in [2.24, 2.45) is 0 Å². The second-order valence-electron chi connectivity index (χ2n) is 5.79. The number of fused-ring (bicyclic) bond motifs is 1. The quantitative estimate of drug-likeness (QED) is 0.675. The highest BCUT2D eigenvalue weighted by atomic mass is 32.1. The van der Waals surface area contributed by atoms with E-state index in [0.29, 0.717) is 35.3 Å². The molecule has 6 heteroatoms. The first-order chi connectivity index (χ1) is 12.1. The lowest BCUT2D eigenvalue weighted by atomic mass is 10.1. The fourth-order valence-electron chi connectivity index (χ4n) is 2.78. The number of rotatable bonds is 7. The van der Waals surface area contributed by atoms with Crippen LogP contribution in [0.3, 0.4) is 0 Å². The maximum absolute atomic E-state index is 14.8. The number of thiophene rings is 1. The van der Waals surface area contributed by atoms with Crippen molar-refractivity contribution in [1.82, 2.24) is 4.90 Å². The van der Waals surface area contributed by atoms with Gasteiger partial charge in [-0.25, -0.2) is 9.18 Å². The van der Waals surface area contributed by atoms with Gasteiger partial charge in [-0.05, 0) is 17.0 Å². The average Bonchev–Trinajstić information content (AvgIpc) is 3.04. The van der Waals surface area contributed by atoms with Gasteiger partial charge in [-0.15, -0.1) is 11.3 Å². The van der Waals surface area contributed by atoms with E-state index in [1.54, 1.807) is 12.1 Å². The Morgan fingerprint density at radius 3 is 2.56 bits per heavy atom. The van der Waals surface area contributed by atoms with Crippen LogP contribution in [-0.4, -0.2) is 34.2 Å². The number of aromatic carboxylic acids is 1. The van der Waals surface area contributed by atoms with Crippen molar-refractivity contribution in [2.75, 3.05) is 13.2 Å². The molecule has 4 nitrogen and oxygen atoms in total. The minimum atomic E-state index is -1.05. The van der Waals surface area contributed by atoms with E-state index in [9.17, 15) is 14.3 Å². The van der Waals surface area contributed by atoms with Gasteiger partial charge in [0.1, 0.15) is 10.7 Å². The van der Waals surface area contributed by atoms with Crippen LogP contribution >= 0.6 is 11.3 Å². The van der Waals surface area contributed by atoms with E-state index in [0.717, 1.165) is 16.9 Å². The van der Waals surface area contributed by atoms with Gasteiger partial charge in [-0.2, -0.15) is 0 Å². The molecule has 130 valence electrons. The summed E-state index contributed by atoms with van der Waals surface area (Å²) in [6.45, 7) is 1.36. The van der Waals surface area contributed by atoms with Crippen molar-refractivity contribution in [1.29, 1.82) is 0 Å². The fraction of sp³-hybridized carbons (Fsp3) is 0.211. The predicted molar refractivity (Wildman–Crippen MR) is 96.4 cm³/mol. The largest absolute Gasteiger partial charge is 0.477 e. The molecule has 0 atom stereocenters. The fourth-order valence-corrected chi connectivity index (χ4v) is 3.73. The van der Waals surface area contributed by atoms with Crippen LogP contribution in [0.2, 0.25) is 0 Å². The summed E-state index contributed by atoms with van der Waals surface area (Å²) < 4.78 is 15.2. The topological polar surface area (TPSA) is 60.8 Å². The van der Waals surface area contributed by atoms with Gasteiger partial charge in [0.05, 0.1) is 11.3 Å². The molecule has 0 aliphatic rings. The van der Waals surface area contributed by atoms with Gasteiger partial charge in [0.25, 0.3) is 0 Å². The number of halogens is 1. The summed E-state index contributed by atoms with van der Waals surface area (Å²) in [5.74, 6) is -1.43. The molecule has 0 spiro atoms. The minimum Gasteiger partial charge on any atom is -0.477 e. The predicted octanol–water partition coefficient (Wildman–Crippen LogP) is 3.73. The van der Waals surface area contributed by atoms with Crippen LogP contribution < -0.4 is 0 Å². The molecular weight excluding hydrogens is 341 g/mol. The van der Waals surface area contributed by atoms with Crippen LogP contribution in [0.4, 0.5) is 4.39 Å². The number of carboxylic acid groups (broad SMARTS) is 1. The molecule has 0 amide bonds. The summed E-state index contributed by atoms with van der Waals surface area (Å²) in [6.07, 6.45) is 0. The van der Waals surface area contributed by atoms with Crippen LogP contribution in [0, 0.1) is 5.82 Å². The summed E-state index contributed by atoms with van der Waals surface area (Å²) in [5.41, 5.74) is 1.58. The summed E-state index contributed by atoms with van der Waals surface area (Å²) in [6, 6.07) is 14.7. The molecular formula is C19H18FNO3S. The van der Waals surface area contributed by atoms with E-state index < -0.39 is 5.97 Å². The van der Waals surface area contributed by atoms with Gasteiger partial charge in [0.15, 0.2) is 0 Å². The molecule has 0 aliphatic heterocycles. The van der Waals surface area contributed by atoms with Crippen molar-refractivity contribution >= 4 is 27.4 Å². The number of hydrogen-bond donors (Lipinski definition) is 2. The number of aliphatic hydroxyl groups excluding tert-OH is 1. The lowest BCUT2D eigenvalue weighted by molar-refractivity contribution is 0.0702. The molecule has 25 heavy (non-hydrogen) atoms. The van der Waals surface area contributed by atoms with E-state index >= 15 is 0 Å². The zero-order valence-corrected chi connectivity index (χ0v) is 14.3. The number of carboxylic acids is 1. The number of carbonyl (C=O) groups is 1. The van der Waals surface area contributed by atoms with Gasteiger partial charge in [0, 0.05) is 25.2 Å². The average molecular weight is 359 g/mol. The Balaban J connectivity index is 1.86. The molecule has 1 aromatic heterocycles. The second kappa shape index (κ2) is 7.74. The van der Waals surface area contributed by atoms with E-state index in [-0.39, 0.29) is 17.3 Å². The molecule has 0 aliphatic carbocycles. The van der Waals surface area contributed by atoms with E-state index in [2.05, 4.69) is 0 Å². The van der Waals surface area contributed by atoms with Crippen molar-refractivity contribution in [3.63, 3.8) is 0 Å². The van der Waals surface area contributed by atoms with Crippen molar-refractivity contribution in [3.05, 3.63) is 70.4 Å². The molecule has 3 aromatic rings. The van der Waals surface area contributed by atoms with Gasteiger partial charge < -0.3 is 10.2 Å². The molecule has 0 saturated carbocycles. The van der Waals surface area contributed by atoms with E-state index in [1.165, 1.54) is 6.07 Å². The lowest BCUT2D eigenvalue weighted by Gasteiger charge is -2.22. The molecule has 1 heterocycles. The Morgan fingerprint density at radius 1 is 1.12 bits per heavy atom. The molecule has 2 N–H and O–H groups in total. The molecule has 0 unspecified atom stereocenters. The second-order valence-corrected chi connectivity index (χ2v) is 6.84. The Hall–Kier alpha value is -2.28. The third-order valence-electron chi connectivity index (χ3n) is 3.98. The summed E-state index contributed by atoms with van der Waals surface area (Å²) in [4.78, 5) is 13.2. The number of hydrogen-bond acceptors (Lipinski definition) is 4. The highest BCUT2D eigenvalue weighted by molar-refractivity contribution is 7.20. The normalized spacial score (nSPS) is 11.3. The Morgan fingerprint density at radius 2 is 1.88 bits per heavy atom. The number of nitrogens with zero attached hydrogens (tertiary/aromatic N) is 1. The number of benzene rings is 2. The first-order valence-corrected chi connectivity index (χ1v) is 8.71. The van der Waals surface area contributed by atoms with Gasteiger partial charge in [0.2, 0.25) is 0 Å². The molecule has 3 rings (SSSR count). The summed E-state index contributed by atoms with van der Waals surface area (Å²) >= 11 is 0.948. The van der Waals surface area contributed by atoms with Gasteiger partial charge in [-0.1, -0.05) is 42.5 Å². The molecule has 2 aromatic carbocycles. The maximum Gasteiger partial charge on any atom is 0.345 e. The van der Waals surface area contributed by atoms with Crippen LogP contribution in [0.5, 0.6) is 0 Å². The lowest BCUT2D eigenvalue weighted by Crippen LogP contribution is -2.26. The Kier molecular flexibility index (Phi) is 5.43. The third-order valence-corrected chi connectivity index (χ3v) is 5.11. The standard InChI is InChI=1S/C19H18FNO3S/c20-17-15(7-6-14-10-16(19(23)24)25-18(14)17)12-21(8-9-22)11-13-4-2-1-3-5-13/h1-7,10,22H,8-9,11-12H2,(H,23,24). The molecule has 0 fully saturated rings. The SMILES string of the molecule is O=C(O)c1cc2ccc(CN(CCO)Cc3ccccc3)c(F)c2s1. The minimum absolute atomic E-state index is 0.0150. The van der Waals surface area contributed by atoms with E-state index in [4.69, 9.17) is 5.11 Å². The maximum atomic E-state index is 14.8. The van der Waals surface area contributed by atoms with Crippen LogP contribution in [0.15, 0.2) is 48.5 Å². The number of aliphatic hydroxyl groups is 1. The monoisotopic (exact) mass is 359 g/mol. The van der Waals surface area contributed by atoms with Gasteiger partial charge >= 0.3 is 5.97 Å². The van der Waals surface area contributed by atoms with Crippen LogP contribution in [0.25, 0.3) is 10.1 Å². The molecule has 0 saturated heterocycles. The third kappa shape index (κ3) is 4.04. The Labute approximate surface area is 148 Å². The van der Waals surface area contributed by atoms with Crippen molar-refractivity contribution < 1.29 is 19.4 Å². The first kappa shape index (κ1) is 17.5. The Bertz CT molecular complexity index is 879. The summed E-state index contributed by atoms with van der Waals surface area (Å²) in [5, 5.41) is 19.0. The molecule has 0 radical (unpaired) electrons. The zero-order valence-electron chi connectivity index (χ0n) is 13.5. The van der Waals surface area contributed by atoms with E-state index in [1.807, 2.05) is 35.2 Å². The van der Waals surface area contributed by atoms with Gasteiger partial charge in [-0.3, -0.25) is 4.90 Å². The van der Waals surface area contributed by atoms with Crippen molar-refractivity contribution in [3.8, 4) is 0 Å². The first-order valence-electron chi connectivity index (χ1n) is 7.90. The highest BCUT2D eigenvalue weighted by Gasteiger charge is 2.16. The summed E-state index contributed by atoms with van der Waals surface area (Å²) in [7, 11) is 0. The van der Waals surface area contributed by atoms with Crippen LogP contribution in [-0.2, 0) is 13.1 Å². The zero-order chi connectivity index (χ0) is 17.8. The van der Waals surface area contributed by atoms with Crippen LogP contribution in [0.1, 0.15) is 20.8 Å². The highest BCUT2D eigenvalue weighted by Crippen LogP contribution is 2.30.